The third kappa shape index (κ3) is 5.48. The average molecular weight is 593 g/mol. The Hall–Kier alpha value is -3.89. The monoisotopic (exact) mass is 592 g/mol. The van der Waals surface area contributed by atoms with Gasteiger partial charge in [-0.15, -0.1) is 0 Å². The molecule has 11 heteroatoms. The Kier molecular flexibility index (Phi) is 7.92. The van der Waals surface area contributed by atoms with E-state index in [4.69, 9.17) is 16.3 Å². The molecule has 2 aliphatic heterocycles. The number of aromatic nitrogens is 1. The van der Waals surface area contributed by atoms with Gasteiger partial charge in [0.2, 0.25) is 11.8 Å². The number of aliphatic hydroxyl groups excluding tert-OH is 1. The van der Waals surface area contributed by atoms with Crippen LogP contribution in [-0.4, -0.2) is 70.3 Å². The van der Waals surface area contributed by atoms with Crippen molar-refractivity contribution in [1.82, 2.24) is 20.5 Å². The molecule has 0 unspecified atom stereocenters. The molecule has 3 aromatic rings. The normalized spacial score (nSPS) is 24.0. The number of likely N-dealkylation sites (tertiary alicyclic amines) is 1. The summed E-state index contributed by atoms with van der Waals surface area (Å²) < 4.78 is 5.93. The first-order valence-electron chi connectivity index (χ1n) is 14.4. The molecule has 4 N–H and O–H groups in total. The van der Waals surface area contributed by atoms with E-state index in [2.05, 4.69) is 15.6 Å². The van der Waals surface area contributed by atoms with Crippen LogP contribution in [0.1, 0.15) is 42.6 Å². The van der Waals surface area contributed by atoms with Gasteiger partial charge in [0.05, 0.1) is 16.6 Å². The van der Waals surface area contributed by atoms with E-state index in [0.717, 1.165) is 19.3 Å². The van der Waals surface area contributed by atoms with Crippen molar-refractivity contribution in [2.45, 2.75) is 44.2 Å². The van der Waals surface area contributed by atoms with Crippen LogP contribution < -0.4 is 15.4 Å². The van der Waals surface area contributed by atoms with Gasteiger partial charge in [-0.2, -0.15) is 0 Å². The summed E-state index contributed by atoms with van der Waals surface area (Å²) in [6.45, 7) is 0.196. The highest BCUT2D eigenvalue weighted by atomic mass is 35.5. The van der Waals surface area contributed by atoms with E-state index in [1.54, 1.807) is 23.1 Å². The molecule has 10 nitrogen and oxygen atoms in total. The highest BCUT2D eigenvalue weighted by Gasteiger charge is 2.50. The smallest absolute Gasteiger partial charge is 0.271 e. The van der Waals surface area contributed by atoms with Crippen molar-refractivity contribution >= 4 is 46.0 Å². The van der Waals surface area contributed by atoms with Gasteiger partial charge in [-0.1, -0.05) is 36.2 Å². The lowest BCUT2D eigenvalue weighted by molar-refractivity contribution is -0.133. The van der Waals surface area contributed by atoms with E-state index >= 15 is 0 Å². The van der Waals surface area contributed by atoms with Crippen molar-refractivity contribution in [2.75, 3.05) is 19.7 Å². The molecule has 1 aromatic heterocycles. The van der Waals surface area contributed by atoms with Crippen LogP contribution in [0.3, 0.4) is 0 Å². The lowest BCUT2D eigenvalue weighted by Crippen LogP contribution is -2.53. The number of para-hydroxylation sites is 1. The molecule has 3 heterocycles. The van der Waals surface area contributed by atoms with Crippen LogP contribution in [0, 0.1) is 17.8 Å². The topological polar surface area (TPSA) is 141 Å². The Morgan fingerprint density at radius 3 is 2.64 bits per heavy atom. The Labute approximate surface area is 247 Å². The van der Waals surface area contributed by atoms with Crippen molar-refractivity contribution < 1.29 is 29.0 Å². The van der Waals surface area contributed by atoms with E-state index in [9.17, 15) is 24.3 Å². The van der Waals surface area contributed by atoms with Crippen molar-refractivity contribution in [3.05, 3.63) is 59.2 Å². The van der Waals surface area contributed by atoms with Gasteiger partial charge in [0.15, 0.2) is 5.78 Å². The Morgan fingerprint density at radius 1 is 1.10 bits per heavy atom. The van der Waals surface area contributed by atoms with Gasteiger partial charge in [0.25, 0.3) is 5.91 Å². The fourth-order valence-corrected chi connectivity index (χ4v) is 7.03. The molecule has 42 heavy (non-hydrogen) atoms. The molecule has 2 saturated heterocycles. The number of carbonyl (C=O) groups is 4. The number of aliphatic hydroxyl groups is 1. The van der Waals surface area contributed by atoms with Crippen LogP contribution >= 0.6 is 11.6 Å². The summed E-state index contributed by atoms with van der Waals surface area (Å²) in [5.41, 5.74) is 0.924. The summed E-state index contributed by atoms with van der Waals surface area (Å²) >= 11 is 6.57. The Balaban J connectivity index is 1.24. The predicted octanol–water partition coefficient (Wildman–Crippen LogP) is 3.43. The zero-order chi connectivity index (χ0) is 29.4. The van der Waals surface area contributed by atoms with Crippen LogP contribution in [0.4, 0.5) is 0 Å². The van der Waals surface area contributed by atoms with Crippen LogP contribution in [0.2, 0.25) is 5.02 Å². The van der Waals surface area contributed by atoms with Crippen LogP contribution in [-0.2, 0) is 14.4 Å². The van der Waals surface area contributed by atoms with Crippen LogP contribution in [0.25, 0.3) is 10.9 Å². The number of H-pyrrole nitrogens is 1. The van der Waals surface area contributed by atoms with Crippen LogP contribution in [0.15, 0.2) is 48.5 Å². The zero-order valence-electron chi connectivity index (χ0n) is 23.0. The standard InChI is InChI=1S/C31H33ClN4O6/c32-23-12-20(42-19-6-2-1-3-7-19)13-24-22(23)14-26(34-24)31(41)36-15-18-5-4-8-21(18)28(36)30(40)35-25(27(38)16-37)11-17-9-10-33-29(17)39/h1-3,6-7,12-14,17-18,21,25,28,34,37H,4-5,8-11,15-16H2,(H,33,39)(H,35,40)/t17-,18-,21-,25-,28-/m0/s1. The Bertz CT molecular complexity index is 1520. The van der Waals surface area contributed by atoms with Gasteiger partial charge in [-0.05, 0) is 55.7 Å². The minimum absolute atomic E-state index is 0.0348. The largest absolute Gasteiger partial charge is 0.457 e. The fourth-order valence-electron chi connectivity index (χ4n) is 6.77. The number of benzene rings is 2. The van der Waals surface area contributed by atoms with E-state index in [0.29, 0.717) is 52.6 Å². The molecule has 0 spiro atoms. The van der Waals surface area contributed by atoms with Crippen LogP contribution in [0.5, 0.6) is 11.5 Å². The number of aromatic amines is 1. The lowest BCUT2D eigenvalue weighted by atomic mass is 9.92. The summed E-state index contributed by atoms with van der Waals surface area (Å²) in [7, 11) is 0. The summed E-state index contributed by atoms with van der Waals surface area (Å²) in [5.74, 6) is -0.591. The molecule has 6 rings (SSSR count). The molecule has 220 valence electrons. The molecule has 1 saturated carbocycles. The van der Waals surface area contributed by atoms with Gasteiger partial charge in [-0.3, -0.25) is 19.2 Å². The lowest BCUT2D eigenvalue weighted by Gasteiger charge is -2.29. The summed E-state index contributed by atoms with van der Waals surface area (Å²) in [6.07, 6.45) is 3.35. The number of hydrogen-bond donors (Lipinski definition) is 4. The van der Waals surface area contributed by atoms with Gasteiger partial charge in [0.1, 0.15) is 29.8 Å². The summed E-state index contributed by atoms with van der Waals surface area (Å²) in [5, 5.41) is 16.2. The van der Waals surface area contributed by atoms with E-state index in [1.807, 2.05) is 30.3 Å². The number of nitrogens with zero attached hydrogens (tertiary/aromatic N) is 1. The quantitative estimate of drug-likeness (QED) is 0.300. The number of amides is 3. The number of ether oxygens (including phenoxy) is 1. The second kappa shape index (κ2) is 11.8. The van der Waals surface area contributed by atoms with Gasteiger partial charge < -0.3 is 30.4 Å². The van der Waals surface area contributed by atoms with Crippen molar-refractivity contribution in [1.29, 1.82) is 0 Å². The predicted molar refractivity (Wildman–Crippen MR) is 155 cm³/mol. The van der Waals surface area contributed by atoms with Gasteiger partial charge in [-0.25, -0.2) is 0 Å². The maximum Gasteiger partial charge on any atom is 0.271 e. The van der Waals surface area contributed by atoms with Gasteiger partial charge >= 0.3 is 0 Å². The average Bonchev–Trinajstić information content (AvgIpc) is 3.77. The number of nitrogens with one attached hydrogen (secondary N) is 3. The zero-order valence-corrected chi connectivity index (χ0v) is 23.7. The summed E-state index contributed by atoms with van der Waals surface area (Å²) in [6, 6.07) is 12.7. The molecule has 3 amide bonds. The maximum atomic E-state index is 13.9. The highest BCUT2D eigenvalue weighted by Crippen LogP contribution is 2.43. The molecule has 3 fully saturated rings. The molecular weight excluding hydrogens is 560 g/mol. The van der Waals surface area contributed by atoms with Crippen molar-refractivity contribution in [2.24, 2.45) is 17.8 Å². The minimum atomic E-state index is -1.01. The Morgan fingerprint density at radius 2 is 1.90 bits per heavy atom. The van der Waals surface area contributed by atoms with Gasteiger partial charge in [0, 0.05) is 36.5 Å². The number of rotatable bonds is 9. The van der Waals surface area contributed by atoms with E-state index < -0.39 is 36.3 Å². The first-order valence-corrected chi connectivity index (χ1v) is 14.8. The van der Waals surface area contributed by atoms with E-state index in [1.165, 1.54) is 0 Å². The molecule has 3 aliphatic rings. The van der Waals surface area contributed by atoms with Crippen molar-refractivity contribution in [3.8, 4) is 11.5 Å². The first-order chi connectivity index (χ1) is 20.3. The summed E-state index contributed by atoms with van der Waals surface area (Å²) in [4.78, 5) is 57.2. The number of halogens is 1. The third-order valence-electron chi connectivity index (χ3n) is 8.83. The fraction of sp³-hybridized carbons (Fsp3) is 0.419. The molecule has 1 aliphatic carbocycles. The number of hydrogen-bond acceptors (Lipinski definition) is 6. The number of ketones is 1. The molecule has 5 atom stereocenters. The minimum Gasteiger partial charge on any atom is -0.457 e. The molecule has 2 aromatic carbocycles. The number of carbonyl (C=O) groups excluding carboxylic acids is 4. The first kappa shape index (κ1) is 28.2. The maximum absolute atomic E-state index is 13.9. The third-order valence-corrected chi connectivity index (χ3v) is 9.15. The second-order valence-corrected chi connectivity index (χ2v) is 11.8. The highest BCUT2D eigenvalue weighted by molar-refractivity contribution is 6.35. The molecule has 0 radical (unpaired) electrons. The number of Topliss-reactive ketones (excluding diaryl/α,β-unsaturated/α-hetero) is 1. The molecule has 0 bridgehead atoms. The van der Waals surface area contributed by atoms with E-state index in [-0.39, 0.29) is 30.1 Å². The molecular formula is C31H33ClN4O6. The number of fused-ring (bicyclic) bond motifs is 2. The van der Waals surface area contributed by atoms with Crippen molar-refractivity contribution in [3.63, 3.8) is 0 Å². The second-order valence-electron chi connectivity index (χ2n) is 11.4. The SMILES string of the molecule is O=C1NCC[C@H]1C[C@H](NC(=O)[C@@H]1[C@H]2CCC[C@H]2CN1C(=O)c1cc2c(Cl)cc(Oc3ccccc3)cc2[nH]1)C(=O)CO.